The first kappa shape index (κ1) is 28.0. The Hall–Kier alpha value is -1.06. The number of ether oxygens (including phenoxy) is 1. The van der Waals surface area contributed by atoms with E-state index < -0.39 is 0 Å². The second-order valence-electron chi connectivity index (χ2n) is 8.64. The number of aliphatic imine (C=N–C) groups is 1. The SMILES string of the molecule is CCNC(=NCC(CCO)CC(C)C)NCC(c1cccc(OC)c1)N1CCCC1.I. The van der Waals surface area contributed by atoms with Gasteiger partial charge in [0.15, 0.2) is 5.96 Å². The molecule has 0 spiro atoms. The molecule has 1 aromatic rings. The summed E-state index contributed by atoms with van der Waals surface area (Å²) in [6.45, 7) is 11.4. The Morgan fingerprint density at radius 1 is 1.23 bits per heavy atom. The maximum atomic E-state index is 9.39. The predicted molar refractivity (Wildman–Crippen MR) is 141 cm³/mol. The fourth-order valence-corrected chi connectivity index (χ4v) is 4.25. The third kappa shape index (κ3) is 9.95. The Labute approximate surface area is 206 Å². The number of nitrogens with one attached hydrogen (secondary N) is 2. The highest BCUT2D eigenvalue weighted by molar-refractivity contribution is 14.0. The molecule has 1 aliphatic heterocycles. The van der Waals surface area contributed by atoms with Gasteiger partial charge in [-0.25, -0.2) is 0 Å². The zero-order valence-corrected chi connectivity index (χ0v) is 22.1. The Morgan fingerprint density at radius 3 is 2.58 bits per heavy atom. The molecule has 0 radical (unpaired) electrons. The zero-order valence-electron chi connectivity index (χ0n) is 19.8. The molecule has 6 nitrogen and oxygen atoms in total. The summed E-state index contributed by atoms with van der Waals surface area (Å²) in [6, 6.07) is 8.70. The smallest absolute Gasteiger partial charge is 0.191 e. The van der Waals surface area contributed by atoms with Gasteiger partial charge in [-0.1, -0.05) is 26.0 Å². The number of aliphatic hydroxyl groups is 1. The highest BCUT2D eigenvalue weighted by atomic mass is 127. The minimum absolute atomic E-state index is 0. The van der Waals surface area contributed by atoms with Crippen LogP contribution in [-0.2, 0) is 0 Å². The number of halogens is 1. The van der Waals surface area contributed by atoms with E-state index in [1.54, 1.807) is 7.11 Å². The molecule has 7 heteroatoms. The number of nitrogens with zero attached hydrogens (tertiary/aromatic N) is 2. The molecule has 2 unspecified atom stereocenters. The van der Waals surface area contributed by atoms with E-state index in [1.807, 2.05) is 6.07 Å². The van der Waals surface area contributed by atoms with Crippen molar-refractivity contribution in [1.29, 1.82) is 0 Å². The van der Waals surface area contributed by atoms with Crippen LogP contribution >= 0.6 is 24.0 Å². The first-order valence-electron chi connectivity index (χ1n) is 11.6. The van der Waals surface area contributed by atoms with E-state index in [4.69, 9.17) is 9.73 Å². The molecule has 0 bridgehead atoms. The molecule has 3 N–H and O–H groups in total. The second-order valence-corrected chi connectivity index (χ2v) is 8.64. The molecule has 1 aliphatic rings. The Kier molecular flexibility index (Phi) is 14.2. The third-order valence-corrected chi connectivity index (χ3v) is 5.72. The monoisotopic (exact) mass is 546 g/mol. The van der Waals surface area contributed by atoms with Gasteiger partial charge in [-0.2, -0.15) is 0 Å². The minimum atomic E-state index is 0. The van der Waals surface area contributed by atoms with Crippen LogP contribution in [0.3, 0.4) is 0 Å². The maximum Gasteiger partial charge on any atom is 0.191 e. The number of hydrogen-bond acceptors (Lipinski definition) is 4. The van der Waals surface area contributed by atoms with Crippen molar-refractivity contribution >= 4 is 29.9 Å². The van der Waals surface area contributed by atoms with Crippen LogP contribution in [-0.4, -0.2) is 62.4 Å². The molecular weight excluding hydrogens is 503 g/mol. The van der Waals surface area contributed by atoms with Crippen molar-refractivity contribution < 1.29 is 9.84 Å². The van der Waals surface area contributed by atoms with Crippen molar-refractivity contribution in [2.75, 3.05) is 46.4 Å². The molecular formula is C24H43IN4O2. The standard InChI is InChI=1S/C24H42N4O2.HI/c1-5-25-24(26-17-20(11-14-29)15-19(2)3)27-18-23(28-12-6-7-13-28)21-9-8-10-22(16-21)30-4;/h8-10,16,19-20,23,29H,5-7,11-15,17-18H2,1-4H3,(H2,25,26,27);1H. The number of likely N-dealkylation sites (tertiary alicyclic amines) is 1. The van der Waals surface area contributed by atoms with Crippen LogP contribution in [0.4, 0.5) is 0 Å². The summed E-state index contributed by atoms with van der Waals surface area (Å²) in [5, 5.41) is 16.4. The van der Waals surface area contributed by atoms with E-state index >= 15 is 0 Å². The van der Waals surface area contributed by atoms with Crippen LogP contribution in [0.2, 0.25) is 0 Å². The molecule has 1 saturated heterocycles. The Balaban J connectivity index is 0.00000480. The number of guanidine groups is 1. The zero-order chi connectivity index (χ0) is 21.8. The van der Waals surface area contributed by atoms with Crippen molar-refractivity contribution in [3.8, 4) is 5.75 Å². The van der Waals surface area contributed by atoms with E-state index in [1.165, 1.54) is 18.4 Å². The van der Waals surface area contributed by atoms with Gasteiger partial charge in [0, 0.05) is 26.2 Å². The van der Waals surface area contributed by atoms with Gasteiger partial charge in [0.1, 0.15) is 5.75 Å². The lowest BCUT2D eigenvalue weighted by atomic mass is 9.94. The van der Waals surface area contributed by atoms with Gasteiger partial charge in [0.05, 0.1) is 13.2 Å². The maximum absolute atomic E-state index is 9.39. The molecule has 0 saturated carbocycles. The average Bonchev–Trinajstić information content (AvgIpc) is 3.26. The number of methoxy groups -OCH3 is 1. The molecule has 1 fully saturated rings. The lowest BCUT2D eigenvalue weighted by Gasteiger charge is -2.29. The summed E-state index contributed by atoms with van der Waals surface area (Å²) in [5.74, 6) is 2.78. The van der Waals surface area contributed by atoms with Crippen LogP contribution in [0.15, 0.2) is 29.3 Å². The topological polar surface area (TPSA) is 69.1 Å². The highest BCUT2D eigenvalue weighted by Gasteiger charge is 2.24. The summed E-state index contributed by atoms with van der Waals surface area (Å²) in [5.41, 5.74) is 1.28. The lowest BCUT2D eigenvalue weighted by Crippen LogP contribution is -2.43. The van der Waals surface area contributed by atoms with E-state index in [9.17, 15) is 5.11 Å². The Morgan fingerprint density at radius 2 is 1.97 bits per heavy atom. The minimum Gasteiger partial charge on any atom is -0.497 e. The molecule has 2 rings (SSSR count). The van der Waals surface area contributed by atoms with E-state index in [-0.39, 0.29) is 36.6 Å². The van der Waals surface area contributed by atoms with Crippen LogP contribution < -0.4 is 15.4 Å². The van der Waals surface area contributed by atoms with Crippen LogP contribution in [0.25, 0.3) is 0 Å². The number of benzene rings is 1. The lowest BCUT2D eigenvalue weighted by molar-refractivity contribution is 0.243. The van der Waals surface area contributed by atoms with E-state index in [0.717, 1.165) is 57.3 Å². The molecule has 0 aliphatic carbocycles. The molecule has 1 aromatic carbocycles. The fourth-order valence-electron chi connectivity index (χ4n) is 4.25. The second kappa shape index (κ2) is 15.7. The largest absolute Gasteiger partial charge is 0.497 e. The van der Waals surface area contributed by atoms with Crippen LogP contribution in [0.1, 0.15) is 58.1 Å². The number of hydrogen-bond donors (Lipinski definition) is 3. The van der Waals surface area contributed by atoms with Gasteiger partial charge < -0.3 is 20.5 Å². The molecule has 1 heterocycles. The van der Waals surface area contributed by atoms with Gasteiger partial charge in [0.25, 0.3) is 0 Å². The van der Waals surface area contributed by atoms with E-state index in [0.29, 0.717) is 11.8 Å². The predicted octanol–water partition coefficient (Wildman–Crippen LogP) is 4.05. The number of aliphatic hydroxyl groups excluding tert-OH is 1. The van der Waals surface area contributed by atoms with Crippen molar-refractivity contribution in [2.24, 2.45) is 16.8 Å². The van der Waals surface area contributed by atoms with Gasteiger partial charge in [-0.05, 0) is 75.2 Å². The van der Waals surface area contributed by atoms with Crippen molar-refractivity contribution in [3.05, 3.63) is 29.8 Å². The third-order valence-electron chi connectivity index (χ3n) is 5.72. The van der Waals surface area contributed by atoms with Gasteiger partial charge in [-0.3, -0.25) is 9.89 Å². The van der Waals surface area contributed by atoms with Crippen molar-refractivity contribution in [2.45, 2.75) is 52.5 Å². The van der Waals surface area contributed by atoms with Crippen molar-refractivity contribution in [1.82, 2.24) is 15.5 Å². The first-order valence-corrected chi connectivity index (χ1v) is 11.6. The quantitative estimate of drug-likeness (QED) is 0.210. The Bertz CT molecular complexity index is 636. The molecule has 0 amide bonds. The summed E-state index contributed by atoms with van der Waals surface area (Å²) >= 11 is 0. The normalized spacial score (nSPS) is 16.6. The summed E-state index contributed by atoms with van der Waals surface area (Å²) in [4.78, 5) is 7.41. The summed E-state index contributed by atoms with van der Waals surface area (Å²) < 4.78 is 5.46. The van der Waals surface area contributed by atoms with E-state index in [2.05, 4.69) is 54.5 Å². The van der Waals surface area contributed by atoms with Crippen molar-refractivity contribution in [3.63, 3.8) is 0 Å². The molecule has 31 heavy (non-hydrogen) atoms. The van der Waals surface area contributed by atoms with Gasteiger partial charge in [0.2, 0.25) is 0 Å². The highest BCUT2D eigenvalue weighted by Crippen LogP contribution is 2.27. The first-order chi connectivity index (χ1) is 14.6. The number of rotatable bonds is 12. The van der Waals surface area contributed by atoms with Crippen LogP contribution in [0.5, 0.6) is 5.75 Å². The van der Waals surface area contributed by atoms with Crippen LogP contribution in [0, 0.1) is 11.8 Å². The molecule has 0 aromatic heterocycles. The molecule has 2 atom stereocenters. The van der Waals surface area contributed by atoms with Gasteiger partial charge >= 0.3 is 0 Å². The summed E-state index contributed by atoms with van der Waals surface area (Å²) in [7, 11) is 1.72. The average molecular weight is 547 g/mol. The molecule has 178 valence electrons. The van der Waals surface area contributed by atoms with Gasteiger partial charge in [-0.15, -0.1) is 24.0 Å². The fraction of sp³-hybridized carbons (Fsp3) is 0.708. The summed E-state index contributed by atoms with van der Waals surface area (Å²) in [6.07, 6.45) is 4.41.